The van der Waals surface area contributed by atoms with E-state index in [-0.39, 0.29) is 6.03 Å². The van der Waals surface area contributed by atoms with Crippen molar-refractivity contribution in [2.75, 3.05) is 13.1 Å². The summed E-state index contributed by atoms with van der Waals surface area (Å²) < 4.78 is 0. The van der Waals surface area contributed by atoms with Crippen molar-refractivity contribution in [1.29, 1.82) is 0 Å². The summed E-state index contributed by atoms with van der Waals surface area (Å²) in [5.41, 5.74) is 7.47. The van der Waals surface area contributed by atoms with Gasteiger partial charge in [0.25, 0.3) is 0 Å². The summed E-state index contributed by atoms with van der Waals surface area (Å²) in [6.45, 7) is 8.29. The van der Waals surface area contributed by atoms with Crippen LogP contribution in [0.2, 0.25) is 0 Å². The largest absolute Gasteiger partial charge is 0.338 e. The monoisotopic (exact) mass is 366 g/mol. The minimum Gasteiger partial charge on any atom is -0.338 e. The number of hydrogen-bond donors (Lipinski definition) is 3. The van der Waals surface area contributed by atoms with Crippen LogP contribution in [0.25, 0.3) is 22.6 Å². The van der Waals surface area contributed by atoms with Gasteiger partial charge in [-0.25, -0.2) is 9.78 Å². The van der Waals surface area contributed by atoms with Crippen LogP contribution in [0.15, 0.2) is 12.1 Å². The first-order chi connectivity index (χ1) is 13.1. The van der Waals surface area contributed by atoms with E-state index in [9.17, 15) is 4.79 Å². The average Bonchev–Trinajstić information content (AvgIpc) is 3.25. The fourth-order valence-corrected chi connectivity index (χ4v) is 3.55. The number of imidazole rings is 1. The molecule has 142 valence electrons. The highest BCUT2D eigenvalue weighted by atomic mass is 16.2. The lowest BCUT2D eigenvalue weighted by Gasteiger charge is -2.27. The van der Waals surface area contributed by atoms with Crippen molar-refractivity contribution in [3.05, 3.63) is 34.5 Å². The van der Waals surface area contributed by atoms with Gasteiger partial charge in [0.05, 0.1) is 23.3 Å². The highest BCUT2D eigenvalue weighted by Gasteiger charge is 2.26. The van der Waals surface area contributed by atoms with E-state index in [4.69, 9.17) is 4.98 Å². The molecule has 3 N–H and O–H groups in total. The number of carbonyl (C=O) groups is 1. The molecule has 1 aromatic carbocycles. The predicted octanol–water partition coefficient (Wildman–Crippen LogP) is 3.44. The molecule has 2 amide bonds. The maximum Gasteiger partial charge on any atom is 0.317 e. The van der Waals surface area contributed by atoms with Gasteiger partial charge in [-0.3, -0.25) is 5.10 Å². The number of urea groups is 1. The molecule has 0 saturated heterocycles. The lowest BCUT2D eigenvalue weighted by molar-refractivity contribution is 0.191. The molecule has 0 saturated carbocycles. The number of aromatic amines is 2. The van der Waals surface area contributed by atoms with Gasteiger partial charge in [-0.1, -0.05) is 13.3 Å². The van der Waals surface area contributed by atoms with Gasteiger partial charge in [-0.05, 0) is 49.9 Å². The number of carbonyl (C=O) groups excluding carboxylic acids is 1. The number of rotatable bonds is 4. The molecule has 1 aliphatic heterocycles. The second-order valence-corrected chi connectivity index (χ2v) is 7.33. The Hall–Kier alpha value is -2.83. The summed E-state index contributed by atoms with van der Waals surface area (Å²) in [6, 6.07) is 4.23. The summed E-state index contributed by atoms with van der Waals surface area (Å²) >= 11 is 0. The summed E-state index contributed by atoms with van der Waals surface area (Å²) in [5.74, 6) is 0.786. The maximum atomic E-state index is 12.3. The molecule has 3 heterocycles. The van der Waals surface area contributed by atoms with E-state index in [1.54, 1.807) is 0 Å². The standard InChI is InChI=1S/C20H26N6O/c1-4-5-7-21-20(27)26-8-6-14-17(11-26)24-25-18(14)19-22-15-9-12(2)13(3)10-16(15)23-19/h9-10H,4-8,11H2,1-3H3,(H,21,27)(H,22,23)(H,24,25). The van der Waals surface area contributed by atoms with Crippen LogP contribution in [0.1, 0.15) is 42.1 Å². The number of amides is 2. The molecule has 0 atom stereocenters. The first-order valence-electron chi connectivity index (χ1n) is 9.63. The van der Waals surface area contributed by atoms with Crippen LogP contribution >= 0.6 is 0 Å². The van der Waals surface area contributed by atoms with Crippen molar-refractivity contribution in [1.82, 2.24) is 30.4 Å². The number of benzene rings is 1. The van der Waals surface area contributed by atoms with E-state index in [0.717, 1.165) is 59.6 Å². The van der Waals surface area contributed by atoms with Gasteiger partial charge in [0, 0.05) is 18.7 Å². The number of fused-ring (bicyclic) bond motifs is 2. The molecule has 0 bridgehead atoms. The molecule has 27 heavy (non-hydrogen) atoms. The number of H-pyrrole nitrogens is 2. The van der Waals surface area contributed by atoms with E-state index in [1.165, 1.54) is 11.1 Å². The lowest BCUT2D eigenvalue weighted by Crippen LogP contribution is -2.43. The van der Waals surface area contributed by atoms with Gasteiger partial charge in [0.1, 0.15) is 5.69 Å². The zero-order chi connectivity index (χ0) is 19.0. The number of aromatic nitrogens is 4. The summed E-state index contributed by atoms with van der Waals surface area (Å²) in [5, 5.41) is 10.6. The van der Waals surface area contributed by atoms with Gasteiger partial charge in [0.15, 0.2) is 5.82 Å². The van der Waals surface area contributed by atoms with Gasteiger partial charge >= 0.3 is 6.03 Å². The Morgan fingerprint density at radius 3 is 2.93 bits per heavy atom. The SMILES string of the molecule is CCCCNC(=O)N1CCc2c(-c3nc4cc(C)c(C)cc4[nH]3)n[nH]c2C1. The molecule has 1 aliphatic rings. The van der Waals surface area contributed by atoms with Gasteiger partial charge in [-0.15, -0.1) is 0 Å². The van der Waals surface area contributed by atoms with E-state index >= 15 is 0 Å². The minimum atomic E-state index is -0.0000579. The van der Waals surface area contributed by atoms with E-state index in [2.05, 4.69) is 53.4 Å². The number of nitrogens with zero attached hydrogens (tertiary/aromatic N) is 3. The second kappa shape index (κ2) is 7.06. The summed E-state index contributed by atoms with van der Waals surface area (Å²) in [6.07, 6.45) is 2.85. The Labute approximate surface area is 158 Å². The third kappa shape index (κ3) is 3.29. The Morgan fingerprint density at radius 1 is 1.30 bits per heavy atom. The Kier molecular flexibility index (Phi) is 4.59. The number of unbranched alkanes of at least 4 members (excludes halogenated alkanes) is 1. The fourth-order valence-electron chi connectivity index (χ4n) is 3.55. The Bertz CT molecular complexity index is 947. The van der Waals surface area contributed by atoms with Crippen molar-refractivity contribution in [2.45, 2.75) is 46.6 Å². The van der Waals surface area contributed by atoms with E-state index < -0.39 is 0 Å². The number of nitrogens with one attached hydrogen (secondary N) is 3. The third-order valence-electron chi connectivity index (χ3n) is 5.35. The Morgan fingerprint density at radius 2 is 2.11 bits per heavy atom. The normalized spacial score (nSPS) is 13.8. The van der Waals surface area contributed by atoms with Crippen LogP contribution < -0.4 is 5.32 Å². The van der Waals surface area contributed by atoms with Crippen LogP contribution in [0, 0.1) is 13.8 Å². The zero-order valence-electron chi connectivity index (χ0n) is 16.1. The molecule has 7 nitrogen and oxygen atoms in total. The van der Waals surface area contributed by atoms with Crippen molar-refractivity contribution < 1.29 is 4.79 Å². The first kappa shape index (κ1) is 17.6. The minimum absolute atomic E-state index is 0.0000579. The van der Waals surface area contributed by atoms with Crippen molar-refractivity contribution in [2.24, 2.45) is 0 Å². The first-order valence-corrected chi connectivity index (χ1v) is 9.63. The summed E-state index contributed by atoms with van der Waals surface area (Å²) in [7, 11) is 0. The molecule has 3 aromatic rings. The molecule has 0 fully saturated rings. The smallest absolute Gasteiger partial charge is 0.317 e. The molecule has 0 unspecified atom stereocenters. The van der Waals surface area contributed by atoms with Gasteiger partial charge < -0.3 is 15.2 Å². The lowest BCUT2D eigenvalue weighted by atomic mass is 10.0. The summed E-state index contributed by atoms with van der Waals surface area (Å²) in [4.78, 5) is 22.3. The van der Waals surface area contributed by atoms with Crippen LogP contribution in [0.4, 0.5) is 4.79 Å². The van der Waals surface area contributed by atoms with Crippen molar-refractivity contribution in [3.8, 4) is 11.5 Å². The Balaban J connectivity index is 1.56. The highest BCUT2D eigenvalue weighted by Crippen LogP contribution is 2.28. The molecule has 2 aromatic heterocycles. The van der Waals surface area contributed by atoms with Crippen molar-refractivity contribution >= 4 is 17.1 Å². The second-order valence-electron chi connectivity index (χ2n) is 7.33. The van der Waals surface area contributed by atoms with Crippen molar-refractivity contribution in [3.63, 3.8) is 0 Å². The molecule has 0 radical (unpaired) electrons. The van der Waals surface area contributed by atoms with E-state index in [0.29, 0.717) is 13.1 Å². The van der Waals surface area contributed by atoms with Crippen LogP contribution in [-0.2, 0) is 13.0 Å². The zero-order valence-corrected chi connectivity index (χ0v) is 16.1. The molecule has 4 rings (SSSR count). The molecule has 0 aliphatic carbocycles. The molecular formula is C20H26N6O. The molecule has 0 spiro atoms. The topological polar surface area (TPSA) is 89.7 Å². The van der Waals surface area contributed by atoms with E-state index in [1.807, 2.05) is 4.90 Å². The third-order valence-corrected chi connectivity index (χ3v) is 5.35. The van der Waals surface area contributed by atoms with Crippen LogP contribution in [0.5, 0.6) is 0 Å². The molecule has 7 heteroatoms. The van der Waals surface area contributed by atoms with Gasteiger partial charge in [-0.2, -0.15) is 5.10 Å². The predicted molar refractivity (Wildman–Crippen MR) is 106 cm³/mol. The average molecular weight is 366 g/mol. The molecular weight excluding hydrogens is 340 g/mol. The maximum absolute atomic E-state index is 12.3. The van der Waals surface area contributed by atoms with Crippen LogP contribution in [0.3, 0.4) is 0 Å². The quantitative estimate of drug-likeness (QED) is 0.618. The highest BCUT2D eigenvalue weighted by molar-refractivity contribution is 5.81. The van der Waals surface area contributed by atoms with Gasteiger partial charge in [0.2, 0.25) is 0 Å². The van der Waals surface area contributed by atoms with Crippen LogP contribution in [-0.4, -0.2) is 44.2 Å². The number of aryl methyl sites for hydroxylation is 2. The number of hydrogen-bond acceptors (Lipinski definition) is 3. The fraction of sp³-hybridized carbons (Fsp3) is 0.450.